The molecule has 0 saturated carbocycles. The monoisotopic (exact) mass is 372 g/mol. The van der Waals surface area contributed by atoms with Crippen molar-refractivity contribution in [3.63, 3.8) is 0 Å². The number of halogens is 3. The van der Waals surface area contributed by atoms with Crippen LogP contribution in [0.3, 0.4) is 0 Å². The van der Waals surface area contributed by atoms with Crippen molar-refractivity contribution in [2.75, 3.05) is 0 Å². The van der Waals surface area contributed by atoms with E-state index in [0.29, 0.717) is 16.5 Å². The smallest absolute Gasteiger partial charge is 0.0503 e. The van der Waals surface area contributed by atoms with Crippen LogP contribution >= 0.6 is 39.1 Å². The maximum absolute atomic E-state index is 6.23. The molecule has 0 amide bonds. The van der Waals surface area contributed by atoms with Gasteiger partial charge in [0, 0.05) is 14.5 Å². The standard InChI is InChI=1S/C15H15BrCl2N2/c1-9-2-4-11(16)7-13(9)15(20-19)6-10-3-5-12(17)8-14(10)18/h2-5,7-8,15,20H,6,19H2,1H3. The Labute approximate surface area is 137 Å². The highest BCUT2D eigenvalue weighted by atomic mass is 79.9. The molecule has 0 aliphatic carbocycles. The number of nitrogens with one attached hydrogen (secondary N) is 1. The molecule has 2 nitrogen and oxygen atoms in total. The van der Waals surface area contributed by atoms with Gasteiger partial charge in [-0.05, 0) is 54.3 Å². The largest absolute Gasteiger partial charge is 0.271 e. The van der Waals surface area contributed by atoms with Gasteiger partial charge in [0.05, 0.1) is 6.04 Å². The fourth-order valence-corrected chi connectivity index (χ4v) is 3.02. The van der Waals surface area contributed by atoms with Gasteiger partial charge >= 0.3 is 0 Å². The normalized spacial score (nSPS) is 12.4. The first-order valence-electron chi connectivity index (χ1n) is 6.17. The summed E-state index contributed by atoms with van der Waals surface area (Å²) in [6.45, 7) is 2.07. The van der Waals surface area contributed by atoms with Crippen LogP contribution in [0.4, 0.5) is 0 Å². The minimum absolute atomic E-state index is 0.00817. The van der Waals surface area contributed by atoms with E-state index in [1.54, 1.807) is 6.07 Å². The molecule has 106 valence electrons. The molecule has 0 aliphatic rings. The van der Waals surface area contributed by atoms with Crippen LogP contribution in [-0.4, -0.2) is 0 Å². The molecular formula is C15H15BrCl2N2. The van der Waals surface area contributed by atoms with Gasteiger partial charge in [-0.15, -0.1) is 0 Å². The lowest BCUT2D eigenvalue weighted by Gasteiger charge is -2.19. The van der Waals surface area contributed by atoms with Gasteiger partial charge in [0.1, 0.15) is 0 Å². The third kappa shape index (κ3) is 3.74. The van der Waals surface area contributed by atoms with Gasteiger partial charge in [0.25, 0.3) is 0 Å². The van der Waals surface area contributed by atoms with Gasteiger partial charge in [-0.2, -0.15) is 0 Å². The van der Waals surface area contributed by atoms with E-state index in [-0.39, 0.29) is 6.04 Å². The molecule has 1 atom stereocenters. The Hall–Kier alpha value is -0.580. The first kappa shape index (κ1) is 15.8. The van der Waals surface area contributed by atoms with Crippen LogP contribution in [0.15, 0.2) is 40.9 Å². The van der Waals surface area contributed by atoms with Crippen LogP contribution in [0.2, 0.25) is 10.0 Å². The maximum Gasteiger partial charge on any atom is 0.0503 e. The highest BCUT2D eigenvalue weighted by Gasteiger charge is 2.15. The number of hydrazine groups is 1. The molecule has 1 unspecified atom stereocenters. The fourth-order valence-electron chi connectivity index (χ4n) is 2.15. The Morgan fingerprint density at radius 2 is 1.95 bits per heavy atom. The average Bonchev–Trinajstić information content (AvgIpc) is 2.41. The average molecular weight is 374 g/mol. The molecule has 0 bridgehead atoms. The summed E-state index contributed by atoms with van der Waals surface area (Å²) in [7, 11) is 0. The van der Waals surface area contributed by atoms with Crippen molar-refractivity contribution in [2.45, 2.75) is 19.4 Å². The number of hydrogen-bond donors (Lipinski definition) is 2. The number of aryl methyl sites for hydroxylation is 1. The zero-order valence-corrected chi connectivity index (χ0v) is 14.1. The second-order valence-electron chi connectivity index (χ2n) is 4.66. The van der Waals surface area contributed by atoms with E-state index in [4.69, 9.17) is 29.0 Å². The topological polar surface area (TPSA) is 38.0 Å². The van der Waals surface area contributed by atoms with Crippen molar-refractivity contribution in [3.8, 4) is 0 Å². The molecule has 20 heavy (non-hydrogen) atoms. The van der Waals surface area contributed by atoms with Crippen molar-refractivity contribution < 1.29 is 0 Å². The van der Waals surface area contributed by atoms with Crippen molar-refractivity contribution in [1.82, 2.24) is 5.43 Å². The Balaban J connectivity index is 2.31. The number of nitrogens with two attached hydrogens (primary N) is 1. The molecule has 2 aromatic carbocycles. The van der Waals surface area contributed by atoms with E-state index in [9.17, 15) is 0 Å². The quantitative estimate of drug-likeness (QED) is 0.596. The van der Waals surface area contributed by atoms with Gasteiger partial charge in [0.15, 0.2) is 0 Å². The van der Waals surface area contributed by atoms with Crippen LogP contribution in [0.5, 0.6) is 0 Å². The molecule has 0 heterocycles. The molecule has 0 radical (unpaired) electrons. The predicted molar refractivity (Wildman–Crippen MR) is 89.1 cm³/mol. The molecule has 2 rings (SSSR count). The second-order valence-corrected chi connectivity index (χ2v) is 6.42. The summed E-state index contributed by atoms with van der Waals surface area (Å²) in [6, 6.07) is 11.7. The summed E-state index contributed by atoms with van der Waals surface area (Å²) in [5.41, 5.74) is 6.20. The van der Waals surface area contributed by atoms with E-state index in [2.05, 4.69) is 40.4 Å². The molecule has 2 aromatic rings. The fraction of sp³-hybridized carbons (Fsp3) is 0.200. The molecule has 0 aromatic heterocycles. The summed E-state index contributed by atoms with van der Waals surface area (Å²) in [4.78, 5) is 0. The van der Waals surface area contributed by atoms with E-state index in [1.807, 2.05) is 18.2 Å². The van der Waals surface area contributed by atoms with E-state index >= 15 is 0 Å². The summed E-state index contributed by atoms with van der Waals surface area (Å²) in [5, 5.41) is 1.29. The van der Waals surface area contributed by atoms with Crippen molar-refractivity contribution in [1.29, 1.82) is 0 Å². The molecular weight excluding hydrogens is 359 g/mol. The van der Waals surface area contributed by atoms with Crippen molar-refractivity contribution in [2.24, 2.45) is 5.84 Å². The zero-order valence-electron chi connectivity index (χ0n) is 11.0. The van der Waals surface area contributed by atoms with Crippen LogP contribution < -0.4 is 11.3 Å². The van der Waals surface area contributed by atoms with Crippen LogP contribution in [0.25, 0.3) is 0 Å². The summed E-state index contributed by atoms with van der Waals surface area (Å²) in [6.07, 6.45) is 0.698. The van der Waals surface area contributed by atoms with Gasteiger partial charge in [-0.25, -0.2) is 0 Å². The van der Waals surface area contributed by atoms with Crippen LogP contribution in [0, 0.1) is 6.92 Å². The number of hydrogen-bond acceptors (Lipinski definition) is 2. The van der Waals surface area contributed by atoms with Crippen LogP contribution in [0.1, 0.15) is 22.7 Å². The minimum Gasteiger partial charge on any atom is -0.271 e. The van der Waals surface area contributed by atoms with Gasteiger partial charge in [0.2, 0.25) is 0 Å². The molecule has 0 saturated heterocycles. The van der Waals surface area contributed by atoms with E-state index < -0.39 is 0 Å². The highest BCUT2D eigenvalue weighted by molar-refractivity contribution is 9.10. The molecule has 3 N–H and O–H groups in total. The maximum atomic E-state index is 6.23. The number of rotatable bonds is 4. The van der Waals surface area contributed by atoms with Gasteiger partial charge in [-0.3, -0.25) is 11.3 Å². The first-order valence-corrected chi connectivity index (χ1v) is 7.72. The van der Waals surface area contributed by atoms with E-state index in [1.165, 1.54) is 5.56 Å². The zero-order chi connectivity index (χ0) is 14.7. The Morgan fingerprint density at radius 3 is 2.60 bits per heavy atom. The Kier molecular flexibility index (Phi) is 5.47. The van der Waals surface area contributed by atoms with Gasteiger partial charge < -0.3 is 0 Å². The lowest BCUT2D eigenvalue weighted by atomic mass is 9.96. The Morgan fingerprint density at radius 1 is 1.20 bits per heavy atom. The van der Waals surface area contributed by atoms with Crippen molar-refractivity contribution in [3.05, 3.63) is 67.6 Å². The third-order valence-corrected chi connectivity index (χ3v) is 4.34. The van der Waals surface area contributed by atoms with Crippen molar-refractivity contribution >= 4 is 39.1 Å². The highest BCUT2D eigenvalue weighted by Crippen LogP contribution is 2.28. The lowest BCUT2D eigenvalue weighted by molar-refractivity contribution is 0.549. The number of benzene rings is 2. The minimum atomic E-state index is -0.00817. The Bertz CT molecular complexity index is 617. The molecule has 5 heteroatoms. The summed E-state index contributed by atoms with van der Waals surface area (Å²) in [5.74, 6) is 5.72. The van der Waals surface area contributed by atoms with Crippen LogP contribution in [-0.2, 0) is 6.42 Å². The SMILES string of the molecule is Cc1ccc(Br)cc1C(Cc1ccc(Cl)cc1Cl)NN. The molecule has 0 spiro atoms. The van der Waals surface area contributed by atoms with E-state index in [0.717, 1.165) is 15.6 Å². The predicted octanol–water partition coefficient (Wildman–Crippen LogP) is 4.81. The summed E-state index contributed by atoms with van der Waals surface area (Å²) < 4.78 is 1.03. The lowest BCUT2D eigenvalue weighted by Crippen LogP contribution is -2.30. The summed E-state index contributed by atoms with van der Waals surface area (Å²) >= 11 is 15.6. The molecule has 0 fully saturated rings. The van der Waals surface area contributed by atoms with Gasteiger partial charge in [-0.1, -0.05) is 51.3 Å². The first-order chi connectivity index (χ1) is 9.51. The third-order valence-electron chi connectivity index (χ3n) is 3.26. The second kappa shape index (κ2) is 6.92. The molecule has 0 aliphatic heterocycles.